The van der Waals surface area contributed by atoms with E-state index in [9.17, 15) is 29.6 Å². The van der Waals surface area contributed by atoms with E-state index < -0.39 is 49.0 Å². The highest BCUT2D eigenvalue weighted by atomic mass is 19.1. The van der Waals surface area contributed by atoms with E-state index in [1.807, 2.05) is 13.8 Å². The number of aliphatic hydroxyl groups is 4. The standard InChI is InChI=1S/C25H35FN2O10/c1-12(2)28-14(5)16(9-15-7-8-18(17(26)10-15)36-13(3)4)23(27-28)38-25(33)22(31)21(30)20(29)19(37-25)11-35-24(32)34-6/h7-8,10,12-13,19-22,29-31,33H,9,11H2,1-6H3/t19-,20-,21+,22-,25-/m1/s1. The van der Waals surface area contributed by atoms with Crippen LogP contribution in [0.2, 0.25) is 0 Å². The molecule has 1 fully saturated rings. The molecule has 0 bridgehead atoms. The van der Waals surface area contributed by atoms with Gasteiger partial charge in [-0.2, -0.15) is 0 Å². The van der Waals surface area contributed by atoms with Crippen molar-refractivity contribution >= 4 is 6.16 Å². The van der Waals surface area contributed by atoms with Crippen LogP contribution >= 0.6 is 0 Å². The van der Waals surface area contributed by atoms with E-state index in [1.54, 1.807) is 31.5 Å². The third kappa shape index (κ3) is 6.35. The number of rotatable bonds is 9. The minimum absolute atomic E-state index is 0.107. The molecule has 38 heavy (non-hydrogen) atoms. The molecule has 0 saturated carbocycles. The number of ether oxygens (including phenoxy) is 5. The van der Waals surface area contributed by atoms with Crippen molar-refractivity contribution in [1.82, 2.24) is 9.78 Å². The Morgan fingerprint density at radius 3 is 2.47 bits per heavy atom. The van der Waals surface area contributed by atoms with E-state index in [-0.39, 0.29) is 30.2 Å². The van der Waals surface area contributed by atoms with Crippen LogP contribution in [0.15, 0.2) is 18.2 Å². The number of halogens is 1. The molecule has 0 spiro atoms. The van der Waals surface area contributed by atoms with Crippen LogP contribution in [-0.4, -0.2) is 86.6 Å². The fraction of sp³-hybridized carbons (Fsp3) is 0.600. The zero-order valence-corrected chi connectivity index (χ0v) is 22.1. The number of aliphatic hydroxyl groups excluding tert-OH is 3. The number of methoxy groups -OCH3 is 1. The van der Waals surface area contributed by atoms with Gasteiger partial charge in [0.15, 0.2) is 17.7 Å². The summed E-state index contributed by atoms with van der Waals surface area (Å²) in [6.45, 7) is 8.44. The normalized spacial score (nSPS) is 25.5. The van der Waals surface area contributed by atoms with Crippen LogP contribution in [0.4, 0.5) is 9.18 Å². The first-order chi connectivity index (χ1) is 17.8. The lowest BCUT2D eigenvalue weighted by molar-refractivity contribution is -0.423. The van der Waals surface area contributed by atoms with Gasteiger partial charge in [0.2, 0.25) is 5.88 Å². The van der Waals surface area contributed by atoms with E-state index >= 15 is 0 Å². The number of carbonyl (C=O) groups excluding carboxylic acids is 1. The molecular formula is C25H35FN2O10. The van der Waals surface area contributed by atoms with Crippen molar-refractivity contribution in [3.8, 4) is 11.6 Å². The average Bonchev–Trinajstić information content (AvgIpc) is 3.15. The summed E-state index contributed by atoms with van der Waals surface area (Å²) in [5, 5.41) is 46.6. The molecule has 0 radical (unpaired) electrons. The molecule has 1 aromatic carbocycles. The zero-order chi connectivity index (χ0) is 28.4. The van der Waals surface area contributed by atoms with E-state index in [2.05, 4.69) is 9.84 Å². The van der Waals surface area contributed by atoms with Crippen molar-refractivity contribution in [2.24, 2.45) is 0 Å². The number of hydrogen-bond acceptors (Lipinski definition) is 11. The number of carbonyl (C=O) groups is 1. The Labute approximate surface area is 219 Å². The molecule has 13 heteroatoms. The van der Waals surface area contributed by atoms with Gasteiger partial charge in [-0.3, -0.25) is 4.68 Å². The van der Waals surface area contributed by atoms with Crippen molar-refractivity contribution in [2.45, 2.75) is 83.6 Å². The molecule has 1 aliphatic rings. The minimum atomic E-state index is -2.89. The van der Waals surface area contributed by atoms with Gasteiger partial charge < -0.3 is 44.1 Å². The van der Waals surface area contributed by atoms with Crippen LogP contribution in [0.1, 0.15) is 50.6 Å². The van der Waals surface area contributed by atoms with Gasteiger partial charge in [-0.15, -0.1) is 5.10 Å². The maximum Gasteiger partial charge on any atom is 0.508 e. The maximum absolute atomic E-state index is 14.6. The molecule has 3 rings (SSSR count). The molecule has 1 saturated heterocycles. The van der Waals surface area contributed by atoms with Crippen molar-refractivity contribution in [3.63, 3.8) is 0 Å². The van der Waals surface area contributed by atoms with Gasteiger partial charge in [0.1, 0.15) is 24.9 Å². The summed E-state index contributed by atoms with van der Waals surface area (Å²) in [5.41, 5.74) is 1.63. The highest BCUT2D eigenvalue weighted by Crippen LogP contribution is 2.35. The Morgan fingerprint density at radius 2 is 1.89 bits per heavy atom. The SMILES string of the molecule is COC(=O)OC[C@H]1O[C@@](O)(Oc2nn(C(C)C)c(C)c2Cc2ccc(OC(C)C)c(F)c2)[C@H](O)[C@@H](O)[C@@H]1O. The van der Waals surface area contributed by atoms with Crippen LogP contribution < -0.4 is 9.47 Å². The molecule has 0 aliphatic carbocycles. The average molecular weight is 543 g/mol. The number of nitrogens with zero attached hydrogens (tertiary/aromatic N) is 2. The van der Waals surface area contributed by atoms with Crippen LogP contribution in [0.25, 0.3) is 0 Å². The van der Waals surface area contributed by atoms with Crippen molar-refractivity contribution in [3.05, 3.63) is 40.8 Å². The van der Waals surface area contributed by atoms with Gasteiger partial charge in [0.25, 0.3) is 0 Å². The van der Waals surface area contributed by atoms with Gasteiger partial charge in [-0.05, 0) is 52.3 Å². The Morgan fingerprint density at radius 1 is 1.21 bits per heavy atom. The lowest BCUT2D eigenvalue weighted by Crippen LogP contribution is -2.67. The largest absolute Gasteiger partial charge is 0.508 e. The Balaban J connectivity index is 1.93. The van der Waals surface area contributed by atoms with Gasteiger partial charge in [0, 0.05) is 23.7 Å². The highest BCUT2D eigenvalue weighted by molar-refractivity contribution is 5.59. The first-order valence-corrected chi connectivity index (χ1v) is 12.1. The van der Waals surface area contributed by atoms with Gasteiger partial charge in [-0.1, -0.05) is 6.07 Å². The maximum atomic E-state index is 14.6. The zero-order valence-electron chi connectivity index (χ0n) is 22.1. The predicted octanol–water partition coefficient (Wildman–Crippen LogP) is 1.58. The van der Waals surface area contributed by atoms with Crippen LogP contribution in [-0.2, 0) is 20.6 Å². The number of benzene rings is 1. The Hall–Kier alpha value is -2.97. The van der Waals surface area contributed by atoms with E-state index in [0.29, 0.717) is 16.8 Å². The van der Waals surface area contributed by atoms with Gasteiger partial charge in [0.05, 0.1) is 13.2 Å². The van der Waals surface area contributed by atoms with Crippen molar-refractivity contribution < 1.29 is 53.3 Å². The van der Waals surface area contributed by atoms with Gasteiger partial charge >= 0.3 is 12.1 Å². The van der Waals surface area contributed by atoms with E-state index in [4.69, 9.17) is 18.9 Å². The molecule has 1 aliphatic heterocycles. The summed E-state index contributed by atoms with van der Waals surface area (Å²) in [6, 6.07) is 4.37. The second-order valence-corrected chi connectivity index (χ2v) is 9.60. The monoisotopic (exact) mass is 542 g/mol. The molecule has 12 nitrogen and oxygen atoms in total. The summed E-state index contributed by atoms with van der Waals surface area (Å²) < 4.78 is 41.8. The molecule has 212 valence electrons. The lowest BCUT2D eigenvalue weighted by Gasteiger charge is -2.44. The Kier molecular flexibility index (Phi) is 9.21. The third-order valence-electron chi connectivity index (χ3n) is 5.99. The molecule has 2 heterocycles. The number of hydrogen-bond donors (Lipinski definition) is 4. The van der Waals surface area contributed by atoms with Gasteiger partial charge in [-0.25, -0.2) is 9.18 Å². The first-order valence-electron chi connectivity index (χ1n) is 12.1. The molecule has 0 amide bonds. The molecule has 1 aromatic heterocycles. The fourth-order valence-corrected chi connectivity index (χ4v) is 4.07. The quantitative estimate of drug-likeness (QED) is 0.269. The summed E-state index contributed by atoms with van der Waals surface area (Å²) in [4.78, 5) is 11.3. The summed E-state index contributed by atoms with van der Waals surface area (Å²) in [6.07, 6.45) is -8.46. The topological polar surface area (TPSA) is 162 Å². The molecule has 4 N–H and O–H groups in total. The van der Waals surface area contributed by atoms with E-state index in [1.165, 1.54) is 12.1 Å². The lowest BCUT2D eigenvalue weighted by atomic mass is 9.97. The summed E-state index contributed by atoms with van der Waals surface area (Å²) in [7, 11) is 1.07. The third-order valence-corrected chi connectivity index (χ3v) is 5.99. The molecule has 2 aromatic rings. The van der Waals surface area contributed by atoms with Crippen LogP contribution in [0.3, 0.4) is 0 Å². The van der Waals surface area contributed by atoms with Crippen LogP contribution in [0.5, 0.6) is 11.6 Å². The van der Waals surface area contributed by atoms with E-state index in [0.717, 1.165) is 7.11 Å². The fourth-order valence-electron chi connectivity index (χ4n) is 4.07. The smallest absolute Gasteiger partial charge is 0.488 e. The second kappa shape index (κ2) is 11.8. The minimum Gasteiger partial charge on any atom is -0.488 e. The Bertz CT molecular complexity index is 1120. The molecule has 5 atom stereocenters. The van der Waals surface area contributed by atoms with Crippen LogP contribution in [0, 0.1) is 12.7 Å². The predicted molar refractivity (Wildman–Crippen MR) is 129 cm³/mol. The van der Waals surface area contributed by atoms with Crippen molar-refractivity contribution in [1.29, 1.82) is 0 Å². The molecule has 0 unspecified atom stereocenters. The second-order valence-electron chi connectivity index (χ2n) is 9.60. The summed E-state index contributed by atoms with van der Waals surface area (Å²) in [5.74, 6) is -3.49. The molecular weight excluding hydrogens is 507 g/mol. The summed E-state index contributed by atoms with van der Waals surface area (Å²) >= 11 is 0. The van der Waals surface area contributed by atoms with Crippen molar-refractivity contribution in [2.75, 3.05) is 13.7 Å². The number of aromatic nitrogens is 2. The first kappa shape index (κ1) is 29.6. The highest BCUT2D eigenvalue weighted by Gasteiger charge is 2.56.